The van der Waals surface area contributed by atoms with E-state index in [1.54, 1.807) is 40.2 Å². The zero-order valence-electron chi connectivity index (χ0n) is 31.3. The standard InChI is InChI=1S/C42H42FN7O6S/c1-47-34-19-26(7-10-32(34)50(42(47)55)33-11-12-36(51)45-41(33)54)25-13-15-48(16-14-25)21-28-18-31(28)40(53)44-29-8-9-30-27(17-29)20-35(56-23-24-5-3-2-4-6-24)39(38(30)43)49-22-37(52)46-57-49/h2-10,17,19-20,25,28,31,33H,11-16,18,21-23H2,1H3,(H,44,53)(H,46,52)(H,45,51,54). The van der Waals surface area contributed by atoms with Gasteiger partial charge in [0.2, 0.25) is 17.7 Å². The van der Waals surface area contributed by atoms with Crippen LogP contribution in [0.2, 0.25) is 0 Å². The zero-order valence-corrected chi connectivity index (χ0v) is 32.1. The molecule has 4 aliphatic rings. The summed E-state index contributed by atoms with van der Waals surface area (Å²) in [5, 5.41) is 6.35. The molecule has 1 aromatic heterocycles. The highest BCUT2D eigenvalue weighted by molar-refractivity contribution is 7.99. The van der Waals surface area contributed by atoms with Crippen LogP contribution in [-0.2, 0) is 32.8 Å². The summed E-state index contributed by atoms with van der Waals surface area (Å²) in [5.41, 5.74) is 4.03. The first-order chi connectivity index (χ1) is 27.6. The summed E-state index contributed by atoms with van der Waals surface area (Å²) in [7, 11) is 1.72. The van der Waals surface area contributed by atoms with Crippen LogP contribution < -0.4 is 30.1 Å². The van der Waals surface area contributed by atoms with Gasteiger partial charge in [0.05, 0.1) is 23.2 Å². The van der Waals surface area contributed by atoms with Crippen molar-refractivity contribution >= 4 is 68.9 Å². The van der Waals surface area contributed by atoms with Crippen molar-refractivity contribution < 1.29 is 28.3 Å². The van der Waals surface area contributed by atoms with E-state index < -0.39 is 17.8 Å². The minimum Gasteiger partial charge on any atom is -0.487 e. The minimum absolute atomic E-state index is 0.00619. The second-order valence-electron chi connectivity index (χ2n) is 15.5. The molecule has 4 fully saturated rings. The highest BCUT2D eigenvalue weighted by atomic mass is 32.2. The highest BCUT2D eigenvalue weighted by Crippen LogP contribution is 2.43. The number of benzene rings is 4. The number of nitrogens with one attached hydrogen (secondary N) is 3. The van der Waals surface area contributed by atoms with Gasteiger partial charge in [-0.25, -0.2) is 9.18 Å². The summed E-state index contributed by atoms with van der Waals surface area (Å²) in [4.78, 5) is 65.4. The Bertz CT molecular complexity index is 2500. The molecule has 4 aromatic carbocycles. The van der Waals surface area contributed by atoms with Crippen molar-refractivity contribution in [1.29, 1.82) is 0 Å². The van der Waals surface area contributed by atoms with Crippen molar-refractivity contribution in [2.75, 3.05) is 35.8 Å². The zero-order chi connectivity index (χ0) is 39.4. The number of anilines is 2. The third-order valence-electron chi connectivity index (χ3n) is 11.8. The van der Waals surface area contributed by atoms with Crippen LogP contribution in [0.3, 0.4) is 0 Å². The number of piperidine rings is 2. The molecule has 3 saturated heterocycles. The van der Waals surface area contributed by atoms with E-state index in [1.807, 2.05) is 36.4 Å². The van der Waals surface area contributed by atoms with Gasteiger partial charge in [-0.05, 0) is 104 Å². The molecule has 3 atom stereocenters. The fraction of sp³-hybridized carbons (Fsp3) is 0.357. The third-order valence-corrected chi connectivity index (χ3v) is 12.6. The maximum absolute atomic E-state index is 16.1. The van der Waals surface area contributed by atoms with Crippen LogP contribution in [0.15, 0.2) is 77.6 Å². The Labute approximate surface area is 331 Å². The van der Waals surface area contributed by atoms with Crippen LogP contribution in [0.4, 0.5) is 15.8 Å². The molecular weight excluding hydrogens is 750 g/mol. The normalized spacial score (nSPS) is 21.5. The average molecular weight is 792 g/mol. The molecule has 3 aliphatic heterocycles. The lowest BCUT2D eigenvalue weighted by molar-refractivity contribution is -0.135. The number of nitrogens with zero attached hydrogens (tertiary/aromatic N) is 4. The highest BCUT2D eigenvalue weighted by Gasteiger charge is 2.44. The Hall–Kier alpha value is -5.67. The van der Waals surface area contributed by atoms with Gasteiger partial charge in [-0.15, -0.1) is 0 Å². The fourth-order valence-electron chi connectivity index (χ4n) is 8.56. The predicted molar refractivity (Wildman–Crippen MR) is 215 cm³/mol. The molecule has 4 amide bonds. The Morgan fingerprint density at radius 3 is 2.51 bits per heavy atom. The van der Waals surface area contributed by atoms with Crippen LogP contribution in [-0.4, -0.2) is 63.8 Å². The summed E-state index contributed by atoms with van der Waals surface area (Å²) < 4.78 is 29.6. The topological polar surface area (TPSA) is 147 Å². The Kier molecular flexibility index (Phi) is 9.73. The van der Waals surface area contributed by atoms with Crippen LogP contribution >= 0.6 is 12.1 Å². The number of hydrogen-bond acceptors (Lipinski definition) is 9. The van der Waals surface area contributed by atoms with E-state index in [2.05, 4.69) is 32.4 Å². The number of halogens is 1. The van der Waals surface area contributed by atoms with Gasteiger partial charge in [0, 0.05) is 37.0 Å². The number of amides is 4. The number of carbonyl (C=O) groups is 4. The van der Waals surface area contributed by atoms with Crippen molar-refractivity contribution in [3.63, 3.8) is 0 Å². The molecule has 294 valence electrons. The largest absolute Gasteiger partial charge is 0.487 e. The van der Waals surface area contributed by atoms with Crippen molar-refractivity contribution in [3.05, 3.63) is 100 Å². The first kappa shape index (κ1) is 36.9. The summed E-state index contributed by atoms with van der Waals surface area (Å²) in [6, 6.07) is 21.8. The number of imide groups is 1. The smallest absolute Gasteiger partial charge is 0.329 e. The average Bonchev–Trinajstić information content (AvgIpc) is 3.78. The van der Waals surface area contributed by atoms with Gasteiger partial charge in [0.15, 0.2) is 5.82 Å². The van der Waals surface area contributed by atoms with Crippen LogP contribution in [0, 0.1) is 17.7 Å². The molecule has 15 heteroatoms. The van der Waals surface area contributed by atoms with E-state index in [-0.39, 0.29) is 60.5 Å². The predicted octanol–water partition coefficient (Wildman–Crippen LogP) is 5.14. The first-order valence-corrected chi connectivity index (χ1v) is 20.1. The lowest BCUT2D eigenvalue weighted by atomic mass is 9.89. The molecule has 13 nitrogen and oxygen atoms in total. The van der Waals surface area contributed by atoms with Crippen molar-refractivity contribution in [2.45, 2.75) is 50.7 Å². The number of rotatable bonds is 10. The molecule has 1 saturated carbocycles. The Balaban J connectivity index is 0.822. The molecular formula is C42H42FN7O6S. The van der Waals surface area contributed by atoms with Gasteiger partial charge in [-0.1, -0.05) is 36.4 Å². The Morgan fingerprint density at radius 1 is 0.947 bits per heavy atom. The van der Waals surface area contributed by atoms with Crippen molar-refractivity contribution in [3.8, 4) is 5.75 Å². The quantitative estimate of drug-likeness (QED) is 0.129. The SMILES string of the molecule is Cn1c(=O)n(C2CCC(=O)NC2=O)c2ccc(C3CCN(CC4CC4C(=O)Nc4ccc5c(F)c(N6CC(=O)NS6)c(OCc6ccccc6)cc5c4)CC3)cc21. The van der Waals surface area contributed by atoms with Crippen LogP contribution in [0.1, 0.15) is 55.2 Å². The molecule has 5 aromatic rings. The van der Waals surface area contributed by atoms with Crippen LogP contribution in [0.25, 0.3) is 21.8 Å². The van der Waals surface area contributed by atoms with Gasteiger partial charge in [-0.2, -0.15) is 0 Å². The van der Waals surface area contributed by atoms with E-state index in [9.17, 15) is 24.0 Å². The van der Waals surface area contributed by atoms with Crippen molar-refractivity contribution in [1.82, 2.24) is 24.1 Å². The van der Waals surface area contributed by atoms with Gasteiger partial charge >= 0.3 is 5.69 Å². The molecule has 9 rings (SSSR count). The third kappa shape index (κ3) is 7.25. The van der Waals surface area contributed by atoms with Gasteiger partial charge < -0.3 is 15.0 Å². The molecule has 3 unspecified atom stereocenters. The number of hydrogen-bond donors (Lipinski definition) is 3. The molecule has 4 heterocycles. The summed E-state index contributed by atoms with van der Waals surface area (Å²) >= 11 is 1.03. The number of carbonyl (C=O) groups excluding carboxylic acids is 4. The number of fused-ring (bicyclic) bond motifs is 2. The van der Waals surface area contributed by atoms with Gasteiger partial charge in [-0.3, -0.25) is 42.7 Å². The van der Waals surface area contributed by atoms with E-state index in [0.717, 1.165) is 67.7 Å². The van der Waals surface area contributed by atoms with Gasteiger partial charge in [0.1, 0.15) is 30.6 Å². The second-order valence-corrected chi connectivity index (χ2v) is 16.3. The lowest BCUT2D eigenvalue weighted by Crippen LogP contribution is -2.44. The fourth-order valence-corrected chi connectivity index (χ4v) is 9.28. The van der Waals surface area contributed by atoms with Gasteiger partial charge in [0.25, 0.3) is 5.91 Å². The van der Waals surface area contributed by atoms with Crippen LogP contribution in [0.5, 0.6) is 5.75 Å². The molecule has 0 bridgehead atoms. The maximum atomic E-state index is 16.1. The number of imidazole rings is 1. The van der Waals surface area contributed by atoms with E-state index in [0.29, 0.717) is 40.1 Å². The summed E-state index contributed by atoms with van der Waals surface area (Å²) in [6.07, 6.45) is 3.21. The van der Waals surface area contributed by atoms with E-state index in [4.69, 9.17) is 4.74 Å². The molecule has 3 N–H and O–H groups in total. The second kappa shape index (κ2) is 15.0. The monoisotopic (exact) mass is 791 g/mol. The minimum atomic E-state index is -0.711. The number of aryl methyl sites for hydroxylation is 1. The lowest BCUT2D eigenvalue weighted by Gasteiger charge is -2.32. The Morgan fingerprint density at radius 2 is 1.75 bits per heavy atom. The van der Waals surface area contributed by atoms with E-state index in [1.165, 1.54) is 4.57 Å². The molecule has 0 radical (unpaired) electrons. The molecule has 57 heavy (non-hydrogen) atoms. The number of ether oxygens (including phenoxy) is 1. The number of likely N-dealkylation sites (tertiary alicyclic amines) is 1. The molecule has 0 spiro atoms. The van der Waals surface area contributed by atoms with E-state index >= 15 is 4.39 Å². The first-order valence-electron chi connectivity index (χ1n) is 19.4. The summed E-state index contributed by atoms with van der Waals surface area (Å²) in [6.45, 7) is 2.85. The number of aromatic nitrogens is 2. The summed E-state index contributed by atoms with van der Waals surface area (Å²) in [5.74, 6) is -0.746. The maximum Gasteiger partial charge on any atom is 0.329 e. The molecule has 1 aliphatic carbocycles. The van der Waals surface area contributed by atoms with Crippen molar-refractivity contribution in [2.24, 2.45) is 18.9 Å².